The second-order valence-corrected chi connectivity index (χ2v) is 5.33. The van der Waals surface area contributed by atoms with Crippen LogP contribution in [0, 0.1) is 0 Å². The summed E-state index contributed by atoms with van der Waals surface area (Å²) in [5, 5.41) is 0. The molecule has 0 aliphatic carbocycles. The van der Waals surface area contributed by atoms with Gasteiger partial charge in [0.15, 0.2) is 0 Å². The van der Waals surface area contributed by atoms with Gasteiger partial charge in [0.1, 0.15) is 12.6 Å². The summed E-state index contributed by atoms with van der Waals surface area (Å²) in [6, 6.07) is 16.2. The van der Waals surface area contributed by atoms with Gasteiger partial charge in [0.25, 0.3) is 0 Å². The molecule has 0 saturated heterocycles. The third kappa shape index (κ3) is 3.04. The predicted octanol–water partition coefficient (Wildman–Crippen LogP) is 3.02. The van der Waals surface area contributed by atoms with E-state index < -0.39 is 12.0 Å². The van der Waals surface area contributed by atoms with Crippen LogP contribution in [0.1, 0.15) is 24.9 Å². The highest BCUT2D eigenvalue weighted by molar-refractivity contribution is 5.80. The quantitative estimate of drug-likeness (QED) is 0.737. The summed E-state index contributed by atoms with van der Waals surface area (Å²) in [7, 11) is 0. The maximum absolute atomic E-state index is 12.4. The predicted molar refractivity (Wildman–Crippen MR) is 88.1 cm³/mol. The third-order valence-corrected chi connectivity index (χ3v) is 3.82. The van der Waals surface area contributed by atoms with Crippen molar-refractivity contribution < 1.29 is 9.53 Å². The van der Waals surface area contributed by atoms with Gasteiger partial charge < -0.3 is 9.72 Å². The number of carbonyl (C=O) groups excluding carboxylic acids is 1. The molecule has 0 bridgehead atoms. The number of fused-ring (bicyclic) bond motifs is 1. The average Bonchev–Trinajstić information content (AvgIpc) is 2.91. The number of nitrogens with one attached hydrogen (secondary N) is 1. The van der Waals surface area contributed by atoms with E-state index in [4.69, 9.17) is 4.74 Å². The van der Waals surface area contributed by atoms with Gasteiger partial charge in [-0.1, -0.05) is 49.4 Å². The summed E-state index contributed by atoms with van der Waals surface area (Å²) in [5.41, 5.74) is 2.05. The number of esters is 1. The molecule has 23 heavy (non-hydrogen) atoms. The highest BCUT2D eigenvalue weighted by atomic mass is 16.5. The number of aromatic nitrogens is 2. The van der Waals surface area contributed by atoms with Gasteiger partial charge in [-0.3, -0.25) is 4.57 Å². The Morgan fingerprint density at radius 2 is 1.83 bits per heavy atom. The van der Waals surface area contributed by atoms with Crippen molar-refractivity contribution in [1.82, 2.24) is 9.55 Å². The van der Waals surface area contributed by atoms with Crippen LogP contribution < -0.4 is 5.69 Å². The first-order valence-corrected chi connectivity index (χ1v) is 7.60. The van der Waals surface area contributed by atoms with Gasteiger partial charge >= 0.3 is 11.7 Å². The minimum atomic E-state index is -0.637. The van der Waals surface area contributed by atoms with Crippen LogP contribution in [-0.4, -0.2) is 15.5 Å². The molecule has 1 heterocycles. The number of carbonyl (C=O) groups is 1. The number of imidazole rings is 1. The molecule has 3 rings (SSSR count). The zero-order chi connectivity index (χ0) is 16.2. The molecule has 118 valence electrons. The smallest absolute Gasteiger partial charge is 0.329 e. The van der Waals surface area contributed by atoms with E-state index in [1.165, 1.54) is 4.57 Å². The minimum absolute atomic E-state index is 0.202. The third-order valence-electron chi connectivity index (χ3n) is 3.82. The van der Waals surface area contributed by atoms with E-state index >= 15 is 0 Å². The molecule has 1 atom stereocenters. The molecule has 0 aliphatic rings. The van der Waals surface area contributed by atoms with Crippen LogP contribution in [0.15, 0.2) is 59.4 Å². The van der Waals surface area contributed by atoms with Crippen LogP contribution in [0.3, 0.4) is 0 Å². The van der Waals surface area contributed by atoms with Gasteiger partial charge in [0.05, 0.1) is 11.0 Å². The van der Waals surface area contributed by atoms with E-state index in [0.29, 0.717) is 17.5 Å². The molecule has 5 heteroatoms. The van der Waals surface area contributed by atoms with Crippen molar-refractivity contribution in [2.45, 2.75) is 26.0 Å². The monoisotopic (exact) mass is 310 g/mol. The van der Waals surface area contributed by atoms with Crippen molar-refractivity contribution >= 4 is 17.0 Å². The number of ether oxygens (including phenoxy) is 1. The molecule has 2 aromatic carbocycles. The van der Waals surface area contributed by atoms with Gasteiger partial charge in [0, 0.05) is 0 Å². The Balaban J connectivity index is 1.85. The molecule has 3 aromatic rings. The molecule has 0 saturated carbocycles. The van der Waals surface area contributed by atoms with Crippen LogP contribution in [0.5, 0.6) is 0 Å². The molecule has 0 radical (unpaired) electrons. The summed E-state index contributed by atoms with van der Waals surface area (Å²) >= 11 is 0. The zero-order valence-electron chi connectivity index (χ0n) is 12.9. The van der Waals surface area contributed by atoms with Gasteiger partial charge in [-0.05, 0) is 24.1 Å². The fourth-order valence-corrected chi connectivity index (χ4v) is 2.66. The molecular weight excluding hydrogens is 292 g/mol. The number of rotatable bonds is 5. The van der Waals surface area contributed by atoms with Gasteiger partial charge in [-0.15, -0.1) is 0 Å². The Morgan fingerprint density at radius 3 is 2.57 bits per heavy atom. The SMILES string of the molecule is CCC(C(=O)OCc1ccccc1)n1c(=O)[nH]c2ccccc21. The number of benzene rings is 2. The summed E-state index contributed by atoms with van der Waals surface area (Å²) in [5.74, 6) is -0.400. The first-order chi connectivity index (χ1) is 11.2. The fraction of sp³-hybridized carbons (Fsp3) is 0.222. The lowest BCUT2D eigenvalue weighted by Gasteiger charge is -2.16. The van der Waals surface area contributed by atoms with Crippen molar-refractivity contribution in [3.05, 3.63) is 70.6 Å². The topological polar surface area (TPSA) is 64.1 Å². The lowest BCUT2D eigenvalue weighted by molar-refractivity contribution is -0.149. The van der Waals surface area contributed by atoms with Crippen molar-refractivity contribution in [3.63, 3.8) is 0 Å². The average molecular weight is 310 g/mol. The highest BCUT2D eigenvalue weighted by Gasteiger charge is 2.24. The summed E-state index contributed by atoms with van der Waals surface area (Å²) in [4.78, 5) is 27.4. The molecule has 0 spiro atoms. The Morgan fingerprint density at radius 1 is 1.13 bits per heavy atom. The fourth-order valence-electron chi connectivity index (χ4n) is 2.66. The first-order valence-electron chi connectivity index (χ1n) is 7.60. The van der Waals surface area contributed by atoms with Gasteiger partial charge in [0.2, 0.25) is 0 Å². The molecule has 0 aliphatic heterocycles. The van der Waals surface area contributed by atoms with Crippen LogP contribution in [0.2, 0.25) is 0 Å². The highest BCUT2D eigenvalue weighted by Crippen LogP contribution is 2.19. The summed E-state index contributed by atoms with van der Waals surface area (Å²) in [6.07, 6.45) is 0.482. The van der Waals surface area contributed by atoms with Gasteiger partial charge in [-0.2, -0.15) is 0 Å². The molecule has 1 unspecified atom stereocenters. The van der Waals surface area contributed by atoms with E-state index in [1.54, 1.807) is 0 Å². The van der Waals surface area contributed by atoms with Crippen LogP contribution in [-0.2, 0) is 16.1 Å². The molecule has 1 N–H and O–H groups in total. The second kappa shape index (κ2) is 6.52. The molecule has 5 nitrogen and oxygen atoms in total. The molecule has 1 aromatic heterocycles. The molecule has 0 fully saturated rings. The lowest BCUT2D eigenvalue weighted by atomic mass is 10.2. The normalized spacial score (nSPS) is 12.2. The van der Waals surface area contributed by atoms with Crippen molar-refractivity contribution in [3.8, 4) is 0 Å². The first kappa shape index (κ1) is 15.1. The second-order valence-electron chi connectivity index (χ2n) is 5.33. The van der Waals surface area contributed by atoms with Crippen molar-refractivity contribution in [1.29, 1.82) is 0 Å². The van der Waals surface area contributed by atoms with Crippen LogP contribution in [0.4, 0.5) is 0 Å². The standard InChI is InChI=1S/C18H18N2O3/c1-2-15(17(21)23-12-13-8-4-3-5-9-13)20-16-11-7-6-10-14(16)19-18(20)22/h3-11,15H,2,12H2,1H3,(H,19,22). The molecule has 0 amide bonds. The number of hydrogen-bond donors (Lipinski definition) is 1. The number of nitrogens with zero attached hydrogens (tertiary/aromatic N) is 1. The Hall–Kier alpha value is -2.82. The van der Waals surface area contributed by atoms with E-state index in [0.717, 1.165) is 5.56 Å². The number of para-hydroxylation sites is 2. The Kier molecular flexibility index (Phi) is 4.28. The summed E-state index contributed by atoms with van der Waals surface area (Å²) in [6.45, 7) is 2.07. The van der Waals surface area contributed by atoms with Gasteiger partial charge in [-0.25, -0.2) is 9.59 Å². The van der Waals surface area contributed by atoms with E-state index in [9.17, 15) is 9.59 Å². The maximum atomic E-state index is 12.4. The Labute approximate surface area is 133 Å². The zero-order valence-corrected chi connectivity index (χ0v) is 12.9. The van der Waals surface area contributed by atoms with Crippen molar-refractivity contribution in [2.75, 3.05) is 0 Å². The maximum Gasteiger partial charge on any atom is 0.329 e. The van der Waals surface area contributed by atoms with E-state index in [2.05, 4.69) is 4.98 Å². The van der Waals surface area contributed by atoms with E-state index in [1.807, 2.05) is 61.5 Å². The molecular formula is C18H18N2O3. The van der Waals surface area contributed by atoms with Crippen molar-refractivity contribution in [2.24, 2.45) is 0 Å². The number of H-pyrrole nitrogens is 1. The lowest BCUT2D eigenvalue weighted by Crippen LogP contribution is -2.29. The Bertz CT molecular complexity index is 865. The van der Waals surface area contributed by atoms with Crippen LogP contribution >= 0.6 is 0 Å². The van der Waals surface area contributed by atoms with E-state index in [-0.39, 0.29) is 12.3 Å². The largest absolute Gasteiger partial charge is 0.459 e. The number of hydrogen-bond acceptors (Lipinski definition) is 3. The van der Waals surface area contributed by atoms with Crippen LogP contribution in [0.25, 0.3) is 11.0 Å². The minimum Gasteiger partial charge on any atom is -0.459 e. The summed E-state index contributed by atoms with van der Waals surface area (Å²) < 4.78 is 6.87. The number of aromatic amines is 1.